The minimum Gasteiger partial charge on any atom is -0.424 e. The van der Waals surface area contributed by atoms with Crippen LogP contribution in [0.15, 0.2) is 4.42 Å². The Labute approximate surface area is 78.7 Å². The molecule has 0 radical (unpaired) electrons. The zero-order valence-electron chi connectivity index (χ0n) is 8.50. The van der Waals surface area contributed by atoms with Gasteiger partial charge in [-0.3, -0.25) is 0 Å². The lowest BCUT2D eigenvalue weighted by Crippen LogP contribution is -2.20. The molecule has 0 aromatic carbocycles. The summed E-state index contributed by atoms with van der Waals surface area (Å²) in [7, 11) is 0. The van der Waals surface area contributed by atoms with Gasteiger partial charge in [-0.25, -0.2) is 0 Å². The van der Waals surface area contributed by atoms with E-state index >= 15 is 0 Å². The van der Waals surface area contributed by atoms with Gasteiger partial charge in [0.25, 0.3) is 0 Å². The van der Waals surface area contributed by atoms with Gasteiger partial charge >= 0.3 is 0 Å². The zero-order chi connectivity index (χ0) is 9.68. The first kappa shape index (κ1) is 10.2. The average molecular weight is 183 g/mol. The Kier molecular flexibility index (Phi) is 3.89. The van der Waals surface area contributed by atoms with Crippen LogP contribution in [0.2, 0.25) is 0 Å². The summed E-state index contributed by atoms with van der Waals surface area (Å²) in [5.74, 6) is 1.42. The molecule has 1 aromatic heterocycles. The van der Waals surface area contributed by atoms with E-state index in [1.165, 1.54) is 0 Å². The average Bonchev–Trinajstić information content (AvgIpc) is 2.62. The van der Waals surface area contributed by atoms with Crippen LogP contribution in [0.1, 0.15) is 45.0 Å². The van der Waals surface area contributed by atoms with E-state index in [1.807, 2.05) is 6.92 Å². The largest absolute Gasteiger partial charge is 0.424 e. The van der Waals surface area contributed by atoms with Gasteiger partial charge in [0, 0.05) is 6.42 Å². The van der Waals surface area contributed by atoms with Crippen molar-refractivity contribution in [1.29, 1.82) is 0 Å². The third-order valence-electron chi connectivity index (χ3n) is 1.94. The van der Waals surface area contributed by atoms with Crippen LogP contribution >= 0.6 is 0 Å². The lowest BCUT2D eigenvalue weighted by molar-refractivity contribution is 0.378. The highest BCUT2D eigenvalue weighted by atomic mass is 16.4. The zero-order valence-corrected chi connectivity index (χ0v) is 8.50. The maximum absolute atomic E-state index is 5.45. The second kappa shape index (κ2) is 4.97. The molecule has 13 heavy (non-hydrogen) atoms. The van der Waals surface area contributed by atoms with Gasteiger partial charge in [-0.15, -0.1) is 10.2 Å². The summed E-state index contributed by atoms with van der Waals surface area (Å²) < 4.78 is 5.45. The molecule has 74 valence electrons. The van der Waals surface area contributed by atoms with Crippen LogP contribution in [0.4, 0.5) is 0 Å². The molecule has 1 heterocycles. The van der Waals surface area contributed by atoms with Gasteiger partial charge in [-0.1, -0.05) is 20.8 Å². The highest BCUT2D eigenvalue weighted by Crippen LogP contribution is 2.14. The molecule has 1 atom stereocenters. The molecule has 1 rings (SSSR count). The van der Waals surface area contributed by atoms with E-state index < -0.39 is 0 Å². The van der Waals surface area contributed by atoms with Crippen LogP contribution in [0.25, 0.3) is 0 Å². The Bertz CT molecular complexity index is 247. The van der Waals surface area contributed by atoms with Crippen molar-refractivity contribution in [2.75, 3.05) is 6.54 Å². The fraction of sp³-hybridized carbons (Fsp3) is 0.778. The Balaban J connectivity index is 2.67. The van der Waals surface area contributed by atoms with Crippen molar-refractivity contribution in [3.63, 3.8) is 0 Å². The van der Waals surface area contributed by atoms with Crippen LogP contribution < -0.4 is 5.32 Å². The third kappa shape index (κ3) is 2.52. The molecule has 4 nitrogen and oxygen atoms in total. The molecule has 0 saturated heterocycles. The van der Waals surface area contributed by atoms with E-state index in [0.29, 0.717) is 11.8 Å². The van der Waals surface area contributed by atoms with Gasteiger partial charge in [0.15, 0.2) is 0 Å². The van der Waals surface area contributed by atoms with Crippen molar-refractivity contribution in [3.8, 4) is 0 Å². The van der Waals surface area contributed by atoms with Crippen molar-refractivity contribution in [2.24, 2.45) is 0 Å². The van der Waals surface area contributed by atoms with Gasteiger partial charge in [0.1, 0.15) is 0 Å². The fourth-order valence-electron chi connectivity index (χ4n) is 1.20. The Morgan fingerprint density at radius 2 is 2.08 bits per heavy atom. The first-order valence-corrected chi connectivity index (χ1v) is 4.87. The maximum atomic E-state index is 5.45. The Morgan fingerprint density at radius 3 is 2.54 bits per heavy atom. The number of aryl methyl sites for hydroxylation is 1. The highest BCUT2D eigenvalue weighted by Gasteiger charge is 2.14. The van der Waals surface area contributed by atoms with Gasteiger partial charge < -0.3 is 9.73 Å². The molecule has 0 bridgehead atoms. The smallest absolute Gasteiger partial charge is 0.233 e. The summed E-state index contributed by atoms with van der Waals surface area (Å²) in [6.45, 7) is 7.09. The van der Waals surface area contributed by atoms with Crippen molar-refractivity contribution in [2.45, 2.75) is 39.7 Å². The van der Waals surface area contributed by atoms with Crippen molar-refractivity contribution in [1.82, 2.24) is 15.5 Å². The second-order valence-electron chi connectivity index (χ2n) is 2.91. The monoisotopic (exact) mass is 183 g/mol. The standard InChI is InChI=1S/C9H17N3O/c1-4-7(10-6-3)9-12-11-8(5-2)13-9/h7,10H,4-6H2,1-3H3. The van der Waals surface area contributed by atoms with Crippen LogP contribution in [0, 0.1) is 0 Å². The number of rotatable bonds is 5. The van der Waals surface area contributed by atoms with Gasteiger partial charge in [-0.2, -0.15) is 0 Å². The minimum absolute atomic E-state index is 0.206. The van der Waals surface area contributed by atoms with E-state index in [4.69, 9.17) is 4.42 Å². The fourth-order valence-corrected chi connectivity index (χ4v) is 1.20. The molecular weight excluding hydrogens is 166 g/mol. The van der Waals surface area contributed by atoms with Crippen LogP contribution in [-0.4, -0.2) is 16.7 Å². The summed E-state index contributed by atoms with van der Waals surface area (Å²) in [6.07, 6.45) is 1.77. The molecular formula is C9H17N3O. The molecule has 0 aliphatic rings. The Hall–Kier alpha value is -0.900. The molecule has 1 unspecified atom stereocenters. The number of hydrogen-bond acceptors (Lipinski definition) is 4. The molecule has 1 N–H and O–H groups in total. The topological polar surface area (TPSA) is 51.0 Å². The lowest BCUT2D eigenvalue weighted by Gasteiger charge is -2.09. The second-order valence-corrected chi connectivity index (χ2v) is 2.91. The molecule has 0 spiro atoms. The Morgan fingerprint density at radius 1 is 1.31 bits per heavy atom. The van der Waals surface area contributed by atoms with Gasteiger partial charge in [0.2, 0.25) is 11.8 Å². The number of aromatic nitrogens is 2. The van der Waals surface area contributed by atoms with E-state index in [1.54, 1.807) is 0 Å². The van der Waals surface area contributed by atoms with Crippen molar-refractivity contribution in [3.05, 3.63) is 11.8 Å². The maximum Gasteiger partial charge on any atom is 0.233 e. The van der Waals surface area contributed by atoms with Crippen molar-refractivity contribution >= 4 is 0 Å². The van der Waals surface area contributed by atoms with Gasteiger partial charge in [-0.05, 0) is 13.0 Å². The molecule has 0 amide bonds. The summed E-state index contributed by atoms with van der Waals surface area (Å²) in [4.78, 5) is 0. The van der Waals surface area contributed by atoms with E-state index in [0.717, 1.165) is 19.4 Å². The van der Waals surface area contributed by atoms with Crippen molar-refractivity contribution < 1.29 is 4.42 Å². The third-order valence-corrected chi connectivity index (χ3v) is 1.94. The normalized spacial score (nSPS) is 13.2. The van der Waals surface area contributed by atoms with E-state index in [9.17, 15) is 0 Å². The molecule has 1 aromatic rings. The van der Waals surface area contributed by atoms with E-state index in [2.05, 4.69) is 29.4 Å². The minimum atomic E-state index is 0.206. The first-order chi connectivity index (χ1) is 6.31. The van der Waals surface area contributed by atoms with Crippen LogP contribution in [-0.2, 0) is 6.42 Å². The molecule has 4 heteroatoms. The van der Waals surface area contributed by atoms with Crippen LogP contribution in [0.5, 0.6) is 0 Å². The predicted octanol–water partition coefficient (Wildman–Crippen LogP) is 1.69. The lowest BCUT2D eigenvalue weighted by atomic mass is 10.2. The molecule has 0 aliphatic heterocycles. The number of nitrogens with zero attached hydrogens (tertiary/aromatic N) is 2. The summed E-state index contributed by atoms with van der Waals surface area (Å²) in [5.41, 5.74) is 0. The molecule has 0 aliphatic carbocycles. The summed E-state index contributed by atoms with van der Waals surface area (Å²) in [6, 6.07) is 0.206. The summed E-state index contributed by atoms with van der Waals surface area (Å²) >= 11 is 0. The van der Waals surface area contributed by atoms with Crippen LogP contribution in [0.3, 0.4) is 0 Å². The number of nitrogens with one attached hydrogen (secondary N) is 1. The first-order valence-electron chi connectivity index (χ1n) is 4.87. The van der Waals surface area contributed by atoms with E-state index in [-0.39, 0.29) is 6.04 Å². The molecule has 0 saturated carbocycles. The molecule has 0 fully saturated rings. The predicted molar refractivity (Wildman–Crippen MR) is 50.4 cm³/mol. The number of hydrogen-bond donors (Lipinski definition) is 1. The van der Waals surface area contributed by atoms with Gasteiger partial charge in [0.05, 0.1) is 6.04 Å². The SMILES string of the molecule is CCNC(CC)c1nnc(CC)o1. The summed E-state index contributed by atoms with van der Waals surface area (Å²) in [5, 5.41) is 11.2. The quantitative estimate of drug-likeness (QED) is 0.754. The highest BCUT2D eigenvalue weighted by molar-refractivity contribution is 4.89.